The molecule has 8 rings (SSSR count). The summed E-state index contributed by atoms with van der Waals surface area (Å²) in [5, 5.41) is 4.75. The molecule has 0 N–H and O–H groups in total. The fourth-order valence-corrected chi connectivity index (χ4v) is 6.03. The second-order valence-corrected chi connectivity index (χ2v) is 11.8. The van der Waals surface area contributed by atoms with Crippen molar-refractivity contribution >= 4 is 38.1 Å². The van der Waals surface area contributed by atoms with Crippen LogP contribution in [0.3, 0.4) is 0 Å². The average Bonchev–Trinajstić information content (AvgIpc) is 3.53. The number of hydrogen-bond acceptors (Lipinski definition) is 3. The van der Waals surface area contributed by atoms with Crippen molar-refractivity contribution in [3.63, 3.8) is 0 Å². The molecule has 0 saturated heterocycles. The molecule has 0 unspecified atom stereocenters. The van der Waals surface area contributed by atoms with Crippen LogP contribution in [-0.2, 0) is 26.5 Å². The van der Waals surface area contributed by atoms with E-state index in [0.717, 1.165) is 33.4 Å². The molecule has 8 aromatic rings. The second-order valence-electron chi connectivity index (χ2n) is 11.8. The van der Waals surface area contributed by atoms with Gasteiger partial charge in [0.2, 0.25) is 0 Å². The maximum absolute atomic E-state index is 6.51. The molecule has 0 fully saturated rings. The van der Waals surface area contributed by atoms with Crippen LogP contribution in [0.2, 0.25) is 0 Å². The van der Waals surface area contributed by atoms with Gasteiger partial charge in [-0.15, -0.1) is 23.8 Å². The Labute approximate surface area is 264 Å². The van der Waals surface area contributed by atoms with E-state index in [4.69, 9.17) is 9.72 Å². The standard InChI is InChI=1S/C38H27N3O.Pt/c1-38(2,3)25-17-19-40-34(21-25)24-10-8-11-26(20-24)42-27-22-31-30-14-9-13-29-28-12-4-5-16-35(28)41(36(29)30)37(31)32(23-27)33-15-6-7-18-39-33;/h4-19,21-22H,1-3H3;/q-2;+2. The summed E-state index contributed by atoms with van der Waals surface area (Å²) in [6.45, 7) is 6.62. The van der Waals surface area contributed by atoms with Crippen molar-refractivity contribution in [2.45, 2.75) is 26.2 Å². The second kappa shape index (κ2) is 10.3. The van der Waals surface area contributed by atoms with Gasteiger partial charge in [0, 0.05) is 40.2 Å². The molecule has 4 nitrogen and oxygen atoms in total. The van der Waals surface area contributed by atoms with E-state index < -0.39 is 0 Å². The van der Waals surface area contributed by atoms with E-state index in [1.165, 1.54) is 32.8 Å². The number of nitrogens with zero attached hydrogens (tertiary/aromatic N) is 3. The van der Waals surface area contributed by atoms with Crippen LogP contribution in [0.4, 0.5) is 0 Å². The summed E-state index contributed by atoms with van der Waals surface area (Å²) in [7, 11) is 0. The fraction of sp³-hybridized carbons (Fsp3) is 0.105. The van der Waals surface area contributed by atoms with Gasteiger partial charge >= 0.3 is 21.1 Å². The van der Waals surface area contributed by atoms with Crippen molar-refractivity contribution in [1.29, 1.82) is 0 Å². The van der Waals surface area contributed by atoms with Gasteiger partial charge in [-0.1, -0.05) is 105 Å². The molecule has 0 saturated carbocycles. The van der Waals surface area contributed by atoms with E-state index in [9.17, 15) is 0 Å². The van der Waals surface area contributed by atoms with E-state index in [-0.39, 0.29) is 26.5 Å². The van der Waals surface area contributed by atoms with Crippen molar-refractivity contribution in [1.82, 2.24) is 14.4 Å². The molecule has 4 heterocycles. The zero-order chi connectivity index (χ0) is 28.4. The van der Waals surface area contributed by atoms with Gasteiger partial charge < -0.3 is 19.1 Å². The fourth-order valence-electron chi connectivity index (χ4n) is 6.03. The van der Waals surface area contributed by atoms with Gasteiger partial charge in [0.15, 0.2) is 0 Å². The average molecular weight is 737 g/mol. The van der Waals surface area contributed by atoms with Gasteiger partial charge in [-0.2, -0.15) is 0 Å². The summed E-state index contributed by atoms with van der Waals surface area (Å²) in [6.07, 6.45) is 3.69. The first kappa shape index (κ1) is 27.3. The van der Waals surface area contributed by atoms with Crippen LogP contribution in [0.15, 0.2) is 109 Å². The number of pyridine rings is 2. The van der Waals surface area contributed by atoms with Crippen molar-refractivity contribution in [2.75, 3.05) is 0 Å². The maximum atomic E-state index is 6.51. The molecule has 0 amide bonds. The van der Waals surface area contributed by atoms with Gasteiger partial charge in [0.1, 0.15) is 0 Å². The van der Waals surface area contributed by atoms with E-state index in [1.807, 2.05) is 48.8 Å². The Morgan fingerprint density at radius 1 is 0.628 bits per heavy atom. The third-order valence-corrected chi connectivity index (χ3v) is 8.04. The Balaban J connectivity index is 0.00000300. The molecule has 0 aliphatic rings. The summed E-state index contributed by atoms with van der Waals surface area (Å²) < 4.78 is 8.87. The third kappa shape index (κ3) is 4.49. The Bertz CT molecular complexity index is 2260. The van der Waals surface area contributed by atoms with Crippen molar-refractivity contribution in [2.24, 2.45) is 0 Å². The van der Waals surface area contributed by atoms with Crippen molar-refractivity contribution in [3.8, 4) is 34.0 Å². The molecule has 4 aromatic carbocycles. The number of aromatic nitrogens is 3. The van der Waals surface area contributed by atoms with E-state index in [2.05, 4.69) is 103 Å². The maximum Gasteiger partial charge on any atom is 2.00 e. The first-order chi connectivity index (χ1) is 20.5. The van der Waals surface area contributed by atoms with Crippen LogP contribution in [0.5, 0.6) is 11.5 Å². The van der Waals surface area contributed by atoms with E-state index in [0.29, 0.717) is 11.5 Å². The molecule has 43 heavy (non-hydrogen) atoms. The van der Waals surface area contributed by atoms with Crippen molar-refractivity contribution < 1.29 is 25.8 Å². The minimum Gasteiger partial charge on any atom is -0.497 e. The zero-order valence-electron chi connectivity index (χ0n) is 24.0. The third-order valence-electron chi connectivity index (χ3n) is 8.04. The molecule has 5 heteroatoms. The van der Waals surface area contributed by atoms with Gasteiger partial charge in [-0.3, -0.25) is 0 Å². The summed E-state index contributed by atoms with van der Waals surface area (Å²) >= 11 is 0. The minimum atomic E-state index is 0. The minimum absolute atomic E-state index is 0. The van der Waals surface area contributed by atoms with Crippen LogP contribution in [-0.4, -0.2) is 14.4 Å². The predicted octanol–water partition coefficient (Wildman–Crippen LogP) is 9.65. The summed E-state index contributed by atoms with van der Waals surface area (Å²) in [4.78, 5) is 9.36. The first-order valence-corrected chi connectivity index (χ1v) is 14.2. The van der Waals surface area contributed by atoms with Crippen LogP contribution >= 0.6 is 0 Å². The number of benzene rings is 4. The first-order valence-electron chi connectivity index (χ1n) is 14.2. The summed E-state index contributed by atoms with van der Waals surface area (Å²) in [5.41, 5.74) is 8.21. The molecule has 0 aliphatic carbocycles. The molecular weight excluding hydrogens is 710 g/mol. The number of rotatable bonds is 4. The number of para-hydroxylation sites is 2. The molecule has 4 aromatic heterocycles. The van der Waals surface area contributed by atoms with E-state index >= 15 is 0 Å². The largest absolute Gasteiger partial charge is 2.00 e. The van der Waals surface area contributed by atoms with Crippen LogP contribution in [0.1, 0.15) is 26.3 Å². The molecule has 0 radical (unpaired) electrons. The quantitative estimate of drug-likeness (QED) is 0.169. The Morgan fingerprint density at radius 3 is 2.19 bits per heavy atom. The summed E-state index contributed by atoms with van der Waals surface area (Å²) in [6, 6.07) is 40.3. The van der Waals surface area contributed by atoms with Gasteiger partial charge in [-0.25, -0.2) is 0 Å². The van der Waals surface area contributed by atoms with Crippen LogP contribution in [0.25, 0.3) is 60.6 Å². The van der Waals surface area contributed by atoms with Crippen LogP contribution < -0.4 is 4.74 Å². The normalized spacial score (nSPS) is 11.9. The van der Waals surface area contributed by atoms with Crippen molar-refractivity contribution in [3.05, 3.63) is 127 Å². The number of fused-ring (bicyclic) bond motifs is 6. The molecule has 0 spiro atoms. The Hall–Kier alpha value is -4.53. The van der Waals surface area contributed by atoms with Crippen LogP contribution in [0, 0.1) is 12.1 Å². The molecule has 0 bridgehead atoms. The topological polar surface area (TPSA) is 39.4 Å². The summed E-state index contributed by atoms with van der Waals surface area (Å²) in [5.74, 6) is 1.23. The van der Waals surface area contributed by atoms with Gasteiger partial charge in [0.25, 0.3) is 0 Å². The van der Waals surface area contributed by atoms with Gasteiger partial charge in [0.05, 0.1) is 5.52 Å². The Morgan fingerprint density at radius 2 is 1.37 bits per heavy atom. The SMILES string of the molecule is CC(C)(C)c1ccnc(-c2[c-]c(Oc3[c-]c(-c4ccccn4)c4c(c3)c3cccc5c6ccccc6n4c53)ccc2)c1.[Pt+2]. The predicted molar refractivity (Wildman–Crippen MR) is 170 cm³/mol. The molecule has 0 atom stereocenters. The zero-order valence-corrected chi connectivity index (χ0v) is 26.2. The molecule has 210 valence electrons. The van der Waals surface area contributed by atoms with E-state index in [1.54, 1.807) is 0 Å². The Kier molecular flexibility index (Phi) is 6.56. The molecule has 0 aliphatic heterocycles. The van der Waals surface area contributed by atoms with Gasteiger partial charge in [-0.05, 0) is 51.5 Å². The smallest absolute Gasteiger partial charge is 0.497 e. The molecular formula is C38H27N3OPt. The monoisotopic (exact) mass is 736 g/mol. The number of ether oxygens (including phenoxy) is 1. The number of hydrogen-bond donors (Lipinski definition) is 0.